The van der Waals surface area contributed by atoms with E-state index in [1.54, 1.807) is 12.1 Å². The Morgan fingerprint density at radius 3 is 2.36 bits per heavy atom. The summed E-state index contributed by atoms with van der Waals surface area (Å²) in [6.07, 6.45) is 1.53. The zero-order chi connectivity index (χ0) is 16.5. The van der Waals surface area contributed by atoms with Crippen LogP contribution in [0.3, 0.4) is 0 Å². The van der Waals surface area contributed by atoms with Crippen molar-refractivity contribution >= 4 is 15.9 Å². The highest BCUT2D eigenvalue weighted by Crippen LogP contribution is 2.29. The summed E-state index contributed by atoms with van der Waals surface area (Å²) in [5.41, 5.74) is 6.29. The van der Waals surface area contributed by atoms with Gasteiger partial charge in [-0.05, 0) is 36.0 Å². The Morgan fingerprint density at radius 1 is 1.27 bits per heavy atom. The van der Waals surface area contributed by atoms with Crippen LogP contribution in [-0.2, 0) is 20.2 Å². The molecule has 1 fully saturated rings. The van der Waals surface area contributed by atoms with Crippen LogP contribution in [0, 0.1) is 0 Å². The third kappa shape index (κ3) is 3.50. The van der Waals surface area contributed by atoms with Crippen molar-refractivity contribution in [2.45, 2.75) is 56.4 Å². The van der Waals surface area contributed by atoms with E-state index < -0.39 is 15.9 Å². The van der Waals surface area contributed by atoms with Gasteiger partial charge in [-0.15, -0.1) is 0 Å². The van der Waals surface area contributed by atoms with E-state index in [9.17, 15) is 13.2 Å². The van der Waals surface area contributed by atoms with Gasteiger partial charge in [0, 0.05) is 19.0 Å². The van der Waals surface area contributed by atoms with E-state index in [-0.39, 0.29) is 22.8 Å². The van der Waals surface area contributed by atoms with Crippen LogP contribution in [-0.4, -0.2) is 31.2 Å². The molecular weight excluding hydrogens is 300 g/mol. The van der Waals surface area contributed by atoms with Crippen molar-refractivity contribution < 1.29 is 13.2 Å². The lowest BCUT2D eigenvalue weighted by Gasteiger charge is -2.24. The summed E-state index contributed by atoms with van der Waals surface area (Å²) in [5.74, 6) is -0.463. The maximum atomic E-state index is 12.8. The fraction of sp³-hybridized carbons (Fsp3) is 0.562. The lowest BCUT2D eigenvalue weighted by Crippen LogP contribution is -2.38. The smallest absolute Gasteiger partial charge is 0.243 e. The molecule has 122 valence electrons. The molecule has 1 atom stereocenters. The number of benzene rings is 1. The number of carbonyl (C=O) groups is 1. The summed E-state index contributed by atoms with van der Waals surface area (Å²) in [4.78, 5) is 11.4. The van der Waals surface area contributed by atoms with Gasteiger partial charge >= 0.3 is 0 Å². The van der Waals surface area contributed by atoms with Crippen molar-refractivity contribution in [3.8, 4) is 0 Å². The third-order valence-electron chi connectivity index (χ3n) is 4.09. The average molecular weight is 324 g/mol. The van der Waals surface area contributed by atoms with Gasteiger partial charge in [0.25, 0.3) is 0 Å². The lowest BCUT2D eigenvalue weighted by molar-refractivity contribution is -0.118. The zero-order valence-electron chi connectivity index (χ0n) is 13.4. The first-order valence-electron chi connectivity index (χ1n) is 7.53. The van der Waals surface area contributed by atoms with Crippen molar-refractivity contribution in [3.05, 3.63) is 29.8 Å². The van der Waals surface area contributed by atoms with Gasteiger partial charge in [-0.1, -0.05) is 32.9 Å². The van der Waals surface area contributed by atoms with Crippen molar-refractivity contribution in [1.82, 2.24) is 4.31 Å². The van der Waals surface area contributed by atoms with Gasteiger partial charge in [0.05, 0.1) is 4.90 Å². The molecule has 0 aromatic heterocycles. The minimum Gasteiger partial charge on any atom is -0.370 e. The molecule has 1 saturated heterocycles. The number of amides is 1. The summed E-state index contributed by atoms with van der Waals surface area (Å²) >= 11 is 0. The normalized spacial score (nSPS) is 20.2. The Bertz CT molecular complexity index is 645. The number of sulfonamides is 1. The molecule has 5 nitrogen and oxygen atoms in total. The first-order valence-corrected chi connectivity index (χ1v) is 8.97. The van der Waals surface area contributed by atoms with Crippen LogP contribution in [0.4, 0.5) is 0 Å². The van der Waals surface area contributed by atoms with E-state index in [1.807, 2.05) is 12.1 Å². The van der Waals surface area contributed by atoms with Gasteiger partial charge in [0.2, 0.25) is 15.9 Å². The molecule has 1 amide bonds. The van der Waals surface area contributed by atoms with Gasteiger partial charge in [-0.3, -0.25) is 4.79 Å². The fourth-order valence-electron chi connectivity index (χ4n) is 2.82. The van der Waals surface area contributed by atoms with Gasteiger partial charge < -0.3 is 5.73 Å². The Hall–Kier alpha value is -1.40. The first-order chi connectivity index (χ1) is 10.1. The molecule has 1 aliphatic rings. The Balaban J connectivity index is 2.28. The van der Waals surface area contributed by atoms with E-state index in [0.717, 1.165) is 12.0 Å². The molecule has 2 rings (SSSR count). The van der Waals surface area contributed by atoms with Crippen LogP contribution in [0.15, 0.2) is 29.2 Å². The van der Waals surface area contributed by atoms with Gasteiger partial charge in [-0.2, -0.15) is 4.31 Å². The maximum absolute atomic E-state index is 12.8. The topological polar surface area (TPSA) is 80.5 Å². The second-order valence-electron chi connectivity index (χ2n) is 6.86. The van der Waals surface area contributed by atoms with E-state index in [2.05, 4.69) is 20.8 Å². The first kappa shape index (κ1) is 17.0. The highest BCUT2D eigenvalue weighted by atomic mass is 32.2. The SMILES string of the molecule is CC(C)(C)c1ccc(S(=O)(=O)N2CCC[C@H]2CC(N)=O)cc1. The third-order valence-corrected chi connectivity index (χ3v) is 6.05. The minimum absolute atomic E-state index is 0.0234. The standard InChI is InChI=1S/C16H24N2O3S/c1-16(2,3)12-6-8-14(9-7-12)22(20,21)18-10-4-5-13(18)11-15(17)19/h6-9,13H,4-5,10-11H2,1-3H3,(H2,17,19)/t13-/m0/s1. The van der Waals surface area contributed by atoms with Gasteiger partial charge in [0.15, 0.2) is 0 Å². The number of hydrogen-bond acceptors (Lipinski definition) is 3. The van der Waals surface area contributed by atoms with Crippen molar-refractivity contribution in [2.24, 2.45) is 5.73 Å². The number of nitrogens with two attached hydrogens (primary N) is 1. The predicted molar refractivity (Wildman–Crippen MR) is 85.9 cm³/mol. The molecule has 0 bridgehead atoms. The van der Waals surface area contributed by atoms with Crippen molar-refractivity contribution in [1.29, 1.82) is 0 Å². The fourth-order valence-corrected chi connectivity index (χ4v) is 4.52. The molecular formula is C16H24N2O3S. The minimum atomic E-state index is -3.57. The summed E-state index contributed by atoms with van der Waals surface area (Å²) < 4.78 is 26.9. The van der Waals surface area contributed by atoms with Crippen LogP contribution in [0.1, 0.15) is 45.6 Å². The Morgan fingerprint density at radius 2 is 1.86 bits per heavy atom. The molecule has 1 aliphatic heterocycles. The van der Waals surface area contributed by atoms with E-state index in [0.29, 0.717) is 13.0 Å². The lowest BCUT2D eigenvalue weighted by atomic mass is 9.87. The molecule has 0 spiro atoms. The quantitative estimate of drug-likeness (QED) is 0.920. The molecule has 22 heavy (non-hydrogen) atoms. The number of carbonyl (C=O) groups excluding carboxylic acids is 1. The average Bonchev–Trinajstić information content (AvgIpc) is 2.86. The van der Waals surface area contributed by atoms with E-state index >= 15 is 0 Å². The second-order valence-corrected chi connectivity index (χ2v) is 8.75. The molecule has 0 saturated carbocycles. The van der Waals surface area contributed by atoms with Crippen LogP contribution < -0.4 is 5.73 Å². The molecule has 1 aromatic rings. The zero-order valence-corrected chi connectivity index (χ0v) is 14.2. The van der Waals surface area contributed by atoms with Crippen molar-refractivity contribution in [2.75, 3.05) is 6.54 Å². The predicted octanol–water partition coefficient (Wildman–Crippen LogP) is 2.01. The Labute approximate surface area is 132 Å². The van der Waals surface area contributed by atoms with Crippen molar-refractivity contribution in [3.63, 3.8) is 0 Å². The largest absolute Gasteiger partial charge is 0.370 e. The van der Waals surface area contributed by atoms with Crippen LogP contribution >= 0.6 is 0 Å². The van der Waals surface area contributed by atoms with Gasteiger partial charge in [0.1, 0.15) is 0 Å². The molecule has 0 unspecified atom stereocenters. The summed E-state index contributed by atoms with van der Waals surface area (Å²) in [6, 6.07) is 6.69. The number of primary amides is 1. The van der Waals surface area contributed by atoms with Crippen LogP contribution in [0.5, 0.6) is 0 Å². The highest BCUT2D eigenvalue weighted by molar-refractivity contribution is 7.89. The summed E-state index contributed by atoms with van der Waals surface area (Å²) in [5, 5.41) is 0. The number of hydrogen-bond donors (Lipinski definition) is 1. The highest BCUT2D eigenvalue weighted by Gasteiger charge is 2.36. The van der Waals surface area contributed by atoms with Gasteiger partial charge in [-0.25, -0.2) is 8.42 Å². The molecule has 0 aliphatic carbocycles. The molecule has 1 heterocycles. The van der Waals surface area contributed by atoms with Crippen LogP contribution in [0.25, 0.3) is 0 Å². The number of nitrogens with zero attached hydrogens (tertiary/aromatic N) is 1. The second kappa shape index (κ2) is 6.01. The molecule has 2 N–H and O–H groups in total. The summed E-state index contributed by atoms with van der Waals surface area (Å²) in [7, 11) is -3.57. The van der Waals surface area contributed by atoms with Crippen LogP contribution in [0.2, 0.25) is 0 Å². The molecule has 6 heteroatoms. The molecule has 0 radical (unpaired) electrons. The maximum Gasteiger partial charge on any atom is 0.243 e. The summed E-state index contributed by atoms with van der Waals surface area (Å²) in [6.45, 7) is 6.70. The van der Waals surface area contributed by atoms with E-state index in [1.165, 1.54) is 4.31 Å². The monoisotopic (exact) mass is 324 g/mol. The Kier molecular flexibility index (Phi) is 4.63. The molecule has 1 aromatic carbocycles. The van der Waals surface area contributed by atoms with E-state index in [4.69, 9.17) is 5.73 Å². The number of rotatable bonds is 4.